The minimum absolute atomic E-state index is 0.435. The van der Waals surface area contributed by atoms with Crippen LogP contribution in [0.1, 0.15) is 5.56 Å². The minimum Gasteiger partial charge on any atom is -0.264 e. The molecular weight excluding hydrogens is 181 g/mol. The van der Waals surface area contributed by atoms with Crippen molar-refractivity contribution in [2.75, 3.05) is 0 Å². The predicted octanol–water partition coefficient (Wildman–Crippen LogP) is 1.99. The van der Waals surface area contributed by atoms with Crippen molar-refractivity contribution in [1.29, 1.82) is 0 Å². The summed E-state index contributed by atoms with van der Waals surface area (Å²) in [7, 11) is 0. The molecule has 0 aliphatic carbocycles. The number of nitrogens with zero attached hydrogens (tertiary/aromatic N) is 3. The summed E-state index contributed by atoms with van der Waals surface area (Å²) in [6.07, 6.45) is 5.66. The van der Waals surface area contributed by atoms with Crippen LogP contribution in [0.2, 0.25) is 0 Å². The first-order chi connectivity index (χ1) is 6.77. The van der Waals surface area contributed by atoms with Crippen molar-refractivity contribution in [2.45, 2.75) is 6.92 Å². The van der Waals surface area contributed by atoms with E-state index in [0.29, 0.717) is 5.82 Å². The number of hydrogen-bond acceptors (Lipinski definition) is 3. The second-order valence-corrected chi connectivity index (χ2v) is 2.92. The molecule has 2 aromatic heterocycles. The first-order valence-electron chi connectivity index (χ1n) is 4.16. The van der Waals surface area contributed by atoms with E-state index in [0.717, 1.165) is 23.5 Å². The van der Waals surface area contributed by atoms with Crippen LogP contribution in [0.5, 0.6) is 0 Å². The zero-order chi connectivity index (χ0) is 9.97. The summed E-state index contributed by atoms with van der Waals surface area (Å²) in [5.74, 6) is 0.0623. The summed E-state index contributed by atoms with van der Waals surface area (Å²) in [6, 6.07) is 1.86. The fraction of sp³-hybridized carbons (Fsp3) is 0.100. The molecule has 2 heterocycles. The van der Waals surface area contributed by atoms with Crippen LogP contribution in [0.25, 0.3) is 11.4 Å². The number of rotatable bonds is 1. The van der Waals surface area contributed by atoms with Gasteiger partial charge in [-0.3, -0.25) is 4.98 Å². The molecule has 0 spiro atoms. The van der Waals surface area contributed by atoms with E-state index in [2.05, 4.69) is 15.0 Å². The van der Waals surface area contributed by atoms with Gasteiger partial charge in [-0.2, -0.15) is 0 Å². The van der Waals surface area contributed by atoms with Crippen LogP contribution in [-0.2, 0) is 0 Å². The standard InChI is InChI=1S/C10H8FN3/c1-7-2-3-12-6-9(7)10-13-4-8(11)5-14-10/h2-6H,1H3. The van der Waals surface area contributed by atoms with E-state index in [4.69, 9.17) is 0 Å². The van der Waals surface area contributed by atoms with Gasteiger partial charge in [-0.15, -0.1) is 0 Å². The third-order valence-corrected chi connectivity index (χ3v) is 1.90. The third-order valence-electron chi connectivity index (χ3n) is 1.90. The fourth-order valence-electron chi connectivity index (χ4n) is 1.15. The summed E-state index contributed by atoms with van der Waals surface area (Å²) >= 11 is 0. The summed E-state index contributed by atoms with van der Waals surface area (Å²) in [6.45, 7) is 1.93. The van der Waals surface area contributed by atoms with Gasteiger partial charge >= 0.3 is 0 Å². The molecule has 0 N–H and O–H groups in total. The van der Waals surface area contributed by atoms with Crippen LogP contribution in [0.4, 0.5) is 4.39 Å². The molecule has 0 aliphatic heterocycles. The van der Waals surface area contributed by atoms with Gasteiger partial charge in [-0.05, 0) is 18.6 Å². The maximum atomic E-state index is 12.6. The lowest BCUT2D eigenvalue weighted by Gasteiger charge is -2.01. The van der Waals surface area contributed by atoms with E-state index in [1.807, 2.05) is 13.0 Å². The number of pyridine rings is 1. The quantitative estimate of drug-likeness (QED) is 0.688. The van der Waals surface area contributed by atoms with Crippen LogP contribution in [-0.4, -0.2) is 15.0 Å². The molecule has 0 aromatic carbocycles. The van der Waals surface area contributed by atoms with Gasteiger partial charge in [0.15, 0.2) is 11.6 Å². The Labute approximate surface area is 80.7 Å². The van der Waals surface area contributed by atoms with Crippen molar-refractivity contribution in [1.82, 2.24) is 15.0 Å². The molecule has 4 heteroatoms. The Hall–Kier alpha value is -1.84. The average Bonchev–Trinajstić information content (AvgIpc) is 2.20. The molecule has 0 unspecified atom stereocenters. The van der Waals surface area contributed by atoms with Gasteiger partial charge in [0.1, 0.15) is 0 Å². The zero-order valence-electron chi connectivity index (χ0n) is 7.61. The number of halogens is 1. The van der Waals surface area contributed by atoms with Gasteiger partial charge in [0.25, 0.3) is 0 Å². The molecule has 0 saturated heterocycles. The lowest BCUT2D eigenvalue weighted by molar-refractivity contribution is 0.614. The minimum atomic E-state index is -0.435. The molecule has 0 saturated carbocycles. The van der Waals surface area contributed by atoms with Crippen LogP contribution < -0.4 is 0 Å². The second-order valence-electron chi connectivity index (χ2n) is 2.92. The lowest BCUT2D eigenvalue weighted by Crippen LogP contribution is -1.92. The first kappa shape index (κ1) is 8.74. The summed E-state index contributed by atoms with van der Waals surface area (Å²) in [4.78, 5) is 11.7. The number of aromatic nitrogens is 3. The monoisotopic (exact) mass is 189 g/mol. The highest BCUT2D eigenvalue weighted by Gasteiger charge is 2.03. The van der Waals surface area contributed by atoms with Crippen molar-refractivity contribution in [3.05, 3.63) is 42.2 Å². The largest absolute Gasteiger partial charge is 0.264 e. The molecule has 2 aromatic rings. The van der Waals surface area contributed by atoms with Crippen molar-refractivity contribution < 1.29 is 4.39 Å². The van der Waals surface area contributed by atoms with E-state index in [1.165, 1.54) is 0 Å². The van der Waals surface area contributed by atoms with Gasteiger partial charge in [0.2, 0.25) is 0 Å². The highest BCUT2D eigenvalue weighted by molar-refractivity contribution is 5.57. The Morgan fingerprint density at radius 1 is 1.14 bits per heavy atom. The molecular formula is C10H8FN3. The van der Waals surface area contributed by atoms with Crippen molar-refractivity contribution >= 4 is 0 Å². The maximum absolute atomic E-state index is 12.6. The van der Waals surface area contributed by atoms with Crippen LogP contribution in [0, 0.1) is 12.7 Å². The van der Waals surface area contributed by atoms with Gasteiger partial charge in [0.05, 0.1) is 12.4 Å². The van der Waals surface area contributed by atoms with E-state index in [-0.39, 0.29) is 0 Å². The Kier molecular flexibility index (Phi) is 2.18. The first-order valence-corrected chi connectivity index (χ1v) is 4.16. The molecule has 0 aliphatic rings. The Morgan fingerprint density at radius 3 is 2.50 bits per heavy atom. The molecule has 0 amide bonds. The summed E-state index contributed by atoms with van der Waals surface area (Å²) < 4.78 is 12.6. The van der Waals surface area contributed by atoms with Crippen molar-refractivity contribution in [3.63, 3.8) is 0 Å². The normalized spacial score (nSPS) is 10.1. The van der Waals surface area contributed by atoms with Crippen LogP contribution in [0.15, 0.2) is 30.9 Å². The van der Waals surface area contributed by atoms with Crippen molar-refractivity contribution in [2.24, 2.45) is 0 Å². The number of aryl methyl sites for hydroxylation is 1. The molecule has 3 nitrogen and oxygen atoms in total. The average molecular weight is 189 g/mol. The zero-order valence-corrected chi connectivity index (χ0v) is 7.61. The Bertz CT molecular complexity index is 439. The Balaban J connectivity index is 2.50. The van der Waals surface area contributed by atoms with E-state index in [9.17, 15) is 4.39 Å². The highest BCUT2D eigenvalue weighted by atomic mass is 19.1. The molecule has 70 valence electrons. The number of hydrogen-bond donors (Lipinski definition) is 0. The van der Waals surface area contributed by atoms with Crippen LogP contribution >= 0.6 is 0 Å². The summed E-state index contributed by atoms with van der Waals surface area (Å²) in [5, 5.41) is 0. The van der Waals surface area contributed by atoms with Gasteiger partial charge in [-0.1, -0.05) is 0 Å². The molecule has 0 bridgehead atoms. The third kappa shape index (κ3) is 1.59. The smallest absolute Gasteiger partial charge is 0.161 e. The van der Waals surface area contributed by atoms with E-state index < -0.39 is 5.82 Å². The van der Waals surface area contributed by atoms with Gasteiger partial charge in [0, 0.05) is 18.0 Å². The van der Waals surface area contributed by atoms with Gasteiger partial charge < -0.3 is 0 Å². The predicted molar refractivity (Wildman–Crippen MR) is 50.0 cm³/mol. The van der Waals surface area contributed by atoms with Crippen LogP contribution in [0.3, 0.4) is 0 Å². The van der Waals surface area contributed by atoms with Gasteiger partial charge in [-0.25, -0.2) is 14.4 Å². The summed E-state index contributed by atoms with van der Waals surface area (Å²) in [5.41, 5.74) is 1.85. The maximum Gasteiger partial charge on any atom is 0.161 e. The van der Waals surface area contributed by atoms with E-state index in [1.54, 1.807) is 12.4 Å². The second kappa shape index (κ2) is 3.49. The SMILES string of the molecule is Cc1ccncc1-c1ncc(F)cn1. The topological polar surface area (TPSA) is 38.7 Å². The lowest BCUT2D eigenvalue weighted by atomic mass is 10.1. The molecule has 0 fully saturated rings. The van der Waals surface area contributed by atoms with E-state index >= 15 is 0 Å². The molecule has 2 rings (SSSR count). The molecule has 0 atom stereocenters. The highest BCUT2D eigenvalue weighted by Crippen LogP contribution is 2.16. The fourth-order valence-corrected chi connectivity index (χ4v) is 1.15. The molecule has 14 heavy (non-hydrogen) atoms. The van der Waals surface area contributed by atoms with Crippen molar-refractivity contribution in [3.8, 4) is 11.4 Å². The Morgan fingerprint density at radius 2 is 1.86 bits per heavy atom. The molecule has 0 radical (unpaired) electrons.